The molecule has 144 valence electrons. The number of ether oxygens (including phenoxy) is 3. The minimum atomic E-state index is -5.27. The third-order valence-corrected chi connectivity index (χ3v) is 3.18. The van der Waals surface area contributed by atoms with Crippen LogP contribution in [0.15, 0.2) is 0 Å². The summed E-state index contributed by atoms with van der Waals surface area (Å²) in [6.07, 6.45) is -10.3. The highest BCUT2D eigenvalue weighted by atomic mass is 19.4. The third-order valence-electron chi connectivity index (χ3n) is 3.18. The van der Waals surface area contributed by atoms with Crippen LogP contribution in [0.3, 0.4) is 0 Å². The van der Waals surface area contributed by atoms with Crippen LogP contribution in [0.4, 0.5) is 26.3 Å². The van der Waals surface area contributed by atoms with Crippen LogP contribution in [-0.2, 0) is 19.0 Å². The Kier molecular flexibility index (Phi) is 6.77. The second-order valence-corrected chi connectivity index (χ2v) is 6.89. The lowest BCUT2D eigenvalue weighted by Crippen LogP contribution is -2.57. The minimum absolute atomic E-state index is 0.305. The first-order chi connectivity index (χ1) is 10.4. The van der Waals surface area contributed by atoms with Crippen molar-refractivity contribution in [2.45, 2.75) is 58.2 Å². The summed E-state index contributed by atoms with van der Waals surface area (Å²) >= 11 is 0. The number of carbonyl (C=O) groups is 1. The highest BCUT2D eigenvalue weighted by molar-refractivity contribution is 5.80. The van der Waals surface area contributed by atoms with E-state index in [4.69, 9.17) is 4.74 Å². The number of esters is 1. The highest BCUT2D eigenvalue weighted by Gasteiger charge is 2.62. The van der Waals surface area contributed by atoms with Crippen molar-refractivity contribution in [2.75, 3.05) is 20.3 Å². The van der Waals surface area contributed by atoms with Crippen LogP contribution < -0.4 is 0 Å². The molecule has 0 spiro atoms. The van der Waals surface area contributed by atoms with E-state index in [1.54, 1.807) is 20.8 Å². The molecule has 0 N–H and O–H groups in total. The van der Waals surface area contributed by atoms with Gasteiger partial charge in [-0.3, -0.25) is 0 Å². The zero-order valence-corrected chi connectivity index (χ0v) is 14.3. The van der Waals surface area contributed by atoms with Gasteiger partial charge in [-0.1, -0.05) is 20.8 Å². The number of carbonyl (C=O) groups excluding carboxylic acids is 1. The van der Waals surface area contributed by atoms with Gasteiger partial charge in [0.15, 0.2) is 5.60 Å². The first-order valence-electron chi connectivity index (χ1n) is 6.89. The van der Waals surface area contributed by atoms with Crippen LogP contribution in [0.5, 0.6) is 0 Å². The van der Waals surface area contributed by atoms with Gasteiger partial charge >= 0.3 is 18.3 Å². The van der Waals surface area contributed by atoms with Gasteiger partial charge in [-0.25, -0.2) is 4.79 Å². The molecule has 0 fully saturated rings. The van der Waals surface area contributed by atoms with Crippen molar-refractivity contribution in [3.63, 3.8) is 0 Å². The van der Waals surface area contributed by atoms with Crippen molar-refractivity contribution in [1.82, 2.24) is 0 Å². The van der Waals surface area contributed by atoms with Gasteiger partial charge in [-0.2, -0.15) is 26.3 Å². The van der Waals surface area contributed by atoms with Crippen LogP contribution in [0, 0.1) is 5.41 Å². The zero-order valence-electron chi connectivity index (χ0n) is 14.3. The van der Waals surface area contributed by atoms with Gasteiger partial charge in [0, 0.05) is 0 Å². The van der Waals surface area contributed by atoms with E-state index in [1.165, 1.54) is 0 Å². The standard InChI is InChI=1S/C14H22F6O4/c1-10(2,3)7-23-11(4,13(15,16)17)8-24-12(5,9(21)22-6)14(18,19)20/h7-8H2,1-6H3. The molecule has 4 nitrogen and oxygen atoms in total. The number of hydrogen-bond acceptors (Lipinski definition) is 4. The second kappa shape index (κ2) is 7.07. The summed E-state index contributed by atoms with van der Waals surface area (Å²) in [5.74, 6) is -1.85. The quantitative estimate of drug-likeness (QED) is 0.527. The van der Waals surface area contributed by atoms with Crippen LogP contribution in [0.25, 0.3) is 0 Å². The lowest BCUT2D eigenvalue weighted by Gasteiger charge is -2.37. The summed E-state index contributed by atoms with van der Waals surface area (Å²) in [6, 6.07) is 0. The Balaban J connectivity index is 5.47. The average molecular weight is 368 g/mol. The molecule has 0 aliphatic heterocycles. The predicted molar refractivity (Wildman–Crippen MR) is 72.3 cm³/mol. The van der Waals surface area contributed by atoms with Crippen molar-refractivity contribution in [2.24, 2.45) is 5.41 Å². The fraction of sp³-hybridized carbons (Fsp3) is 0.929. The predicted octanol–water partition coefficient (Wildman–Crippen LogP) is 3.88. The lowest BCUT2D eigenvalue weighted by atomic mass is 9.97. The maximum Gasteiger partial charge on any atom is 0.428 e. The Morgan fingerprint density at radius 2 is 1.25 bits per heavy atom. The molecular weight excluding hydrogens is 346 g/mol. The van der Waals surface area contributed by atoms with Crippen molar-refractivity contribution in [1.29, 1.82) is 0 Å². The average Bonchev–Trinajstić information content (AvgIpc) is 2.38. The van der Waals surface area contributed by atoms with E-state index in [1.807, 2.05) is 0 Å². The van der Waals surface area contributed by atoms with Gasteiger partial charge in [0.2, 0.25) is 0 Å². The molecule has 0 aromatic carbocycles. The molecule has 0 amide bonds. The maximum atomic E-state index is 13.2. The van der Waals surface area contributed by atoms with Crippen LogP contribution in [0.1, 0.15) is 34.6 Å². The molecule has 0 saturated carbocycles. The summed E-state index contributed by atoms with van der Waals surface area (Å²) in [5, 5.41) is 0. The van der Waals surface area contributed by atoms with Crippen molar-refractivity contribution < 1.29 is 45.3 Å². The molecule has 2 unspecified atom stereocenters. The largest absolute Gasteiger partial charge is 0.467 e. The number of alkyl halides is 6. The van der Waals surface area contributed by atoms with E-state index in [0.717, 1.165) is 0 Å². The zero-order chi connectivity index (χ0) is 19.6. The fourth-order valence-corrected chi connectivity index (χ4v) is 1.31. The molecule has 0 bridgehead atoms. The molecule has 0 heterocycles. The van der Waals surface area contributed by atoms with Gasteiger partial charge in [0.05, 0.1) is 20.3 Å². The number of methoxy groups -OCH3 is 1. The summed E-state index contributed by atoms with van der Waals surface area (Å²) in [7, 11) is 0.675. The van der Waals surface area contributed by atoms with E-state index < -0.39 is 41.5 Å². The molecule has 0 aliphatic rings. The second-order valence-electron chi connectivity index (χ2n) is 6.89. The topological polar surface area (TPSA) is 44.8 Å². The van der Waals surface area contributed by atoms with Gasteiger partial charge < -0.3 is 14.2 Å². The van der Waals surface area contributed by atoms with E-state index in [2.05, 4.69) is 9.47 Å². The minimum Gasteiger partial charge on any atom is -0.467 e. The van der Waals surface area contributed by atoms with Gasteiger partial charge in [0.1, 0.15) is 0 Å². The Morgan fingerprint density at radius 1 is 0.792 bits per heavy atom. The first kappa shape index (κ1) is 23.0. The molecule has 0 radical (unpaired) electrons. The van der Waals surface area contributed by atoms with Crippen LogP contribution in [0.2, 0.25) is 0 Å². The molecule has 0 aliphatic carbocycles. The monoisotopic (exact) mass is 368 g/mol. The Morgan fingerprint density at radius 3 is 1.54 bits per heavy atom. The molecule has 0 saturated heterocycles. The molecular formula is C14H22F6O4. The highest BCUT2D eigenvalue weighted by Crippen LogP contribution is 2.39. The SMILES string of the molecule is COC(=O)C(C)(OCC(C)(OCC(C)(C)C)C(F)(F)F)C(F)(F)F. The number of hydrogen-bond donors (Lipinski definition) is 0. The molecule has 0 aromatic rings. The van der Waals surface area contributed by atoms with Crippen molar-refractivity contribution >= 4 is 5.97 Å². The Labute approximate surface area is 136 Å². The normalized spacial score (nSPS) is 18.7. The maximum absolute atomic E-state index is 13.2. The molecule has 10 heteroatoms. The Hall–Kier alpha value is -1.03. The van der Waals surface area contributed by atoms with E-state index in [-0.39, 0.29) is 6.61 Å². The summed E-state index contributed by atoms with van der Waals surface area (Å²) in [5.41, 5.74) is -7.23. The third kappa shape index (κ3) is 5.51. The fourth-order valence-electron chi connectivity index (χ4n) is 1.31. The summed E-state index contributed by atoms with van der Waals surface area (Å²) < 4.78 is 92.0. The number of halogens is 6. The molecule has 0 rings (SSSR count). The van der Waals surface area contributed by atoms with E-state index >= 15 is 0 Å². The molecule has 0 aromatic heterocycles. The molecule has 2 atom stereocenters. The molecule has 24 heavy (non-hydrogen) atoms. The summed E-state index contributed by atoms with van der Waals surface area (Å²) in [6.45, 7) is 3.74. The lowest BCUT2D eigenvalue weighted by molar-refractivity contribution is -0.321. The summed E-state index contributed by atoms with van der Waals surface area (Å²) in [4.78, 5) is 11.4. The van der Waals surface area contributed by atoms with Crippen LogP contribution in [-0.4, -0.2) is 49.8 Å². The van der Waals surface area contributed by atoms with E-state index in [0.29, 0.717) is 21.0 Å². The van der Waals surface area contributed by atoms with E-state index in [9.17, 15) is 31.1 Å². The first-order valence-corrected chi connectivity index (χ1v) is 6.89. The van der Waals surface area contributed by atoms with Crippen LogP contribution >= 0.6 is 0 Å². The van der Waals surface area contributed by atoms with Gasteiger partial charge in [0.25, 0.3) is 5.60 Å². The van der Waals surface area contributed by atoms with Gasteiger partial charge in [-0.15, -0.1) is 0 Å². The number of rotatable bonds is 6. The van der Waals surface area contributed by atoms with Gasteiger partial charge in [-0.05, 0) is 19.3 Å². The smallest absolute Gasteiger partial charge is 0.428 e. The Bertz CT molecular complexity index is 440. The van der Waals surface area contributed by atoms with Crippen molar-refractivity contribution in [3.8, 4) is 0 Å². The van der Waals surface area contributed by atoms with Crippen molar-refractivity contribution in [3.05, 3.63) is 0 Å².